The van der Waals surface area contributed by atoms with Crippen molar-refractivity contribution < 1.29 is 9.53 Å². The van der Waals surface area contributed by atoms with Gasteiger partial charge in [-0.15, -0.1) is 0 Å². The maximum Gasteiger partial charge on any atom is 0.166 e. The van der Waals surface area contributed by atoms with Crippen molar-refractivity contribution in [2.24, 2.45) is 11.7 Å². The van der Waals surface area contributed by atoms with E-state index >= 15 is 0 Å². The molecule has 0 radical (unpaired) electrons. The Morgan fingerprint density at radius 2 is 1.95 bits per heavy atom. The van der Waals surface area contributed by atoms with E-state index in [4.69, 9.17) is 10.5 Å². The van der Waals surface area contributed by atoms with Gasteiger partial charge in [0, 0.05) is 6.42 Å². The van der Waals surface area contributed by atoms with E-state index in [1.165, 1.54) is 0 Å². The zero-order valence-corrected chi connectivity index (χ0v) is 13.9. The predicted octanol–water partition coefficient (Wildman–Crippen LogP) is 4.04. The van der Waals surface area contributed by atoms with Gasteiger partial charge in [0.05, 0.1) is 12.7 Å². The molecular formula is C18H29NO2. The highest BCUT2D eigenvalue weighted by molar-refractivity contribution is 6.00. The molecule has 1 rings (SSSR count). The van der Waals surface area contributed by atoms with Crippen LogP contribution in [0.25, 0.3) is 0 Å². The molecule has 0 aromatic heterocycles. The number of methoxy groups -OCH3 is 1. The highest BCUT2D eigenvalue weighted by Crippen LogP contribution is 2.27. The van der Waals surface area contributed by atoms with Crippen molar-refractivity contribution in [1.82, 2.24) is 0 Å². The summed E-state index contributed by atoms with van der Waals surface area (Å²) in [6.07, 6.45) is 4.79. The molecule has 0 bridgehead atoms. The lowest BCUT2D eigenvalue weighted by molar-refractivity contribution is 0.0968. The molecule has 0 aliphatic heterocycles. The molecule has 3 nitrogen and oxygen atoms in total. The molecule has 0 fully saturated rings. The number of ether oxygens (including phenoxy) is 1. The molecule has 0 aliphatic carbocycles. The molecule has 1 unspecified atom stereocenters. The second-order valence-corrected chi connectivity index (χ2v) is 5.85. The van der Waals surface area contributed by atoms with Crippen LogP contribution in [0.1, 0.15) is 60.5 Å². The van der Waals surface area contributed by atoms with E-state index in [-0.39, 0.29) is 5.78 Å². The maximum atomic E-state index is 12.6. The average molecular weight is 291 g/mol. The minimum atomic E-state index is 0.183. The van der Waals surface area contributed by atoms with Crippen molar-refractivity contribution >= 4 is 5.78 Å². The smallest absolute Gasteiger partial charge is 0.166 e. The summed E-state index contributed by atoms with van der Waals surface area (Å²) in [6.45, 7) is 6.87. The summed E-state index contributed by atoms with van der Waals surface area (Å²) in [5.41, 5.74) is 8.52. The van der Waals surface area contributed by atoms with Crippen molar-refractivity contribution in [3.8, 4) is 5.75 Å². The van der Waals surface area contributed by atoms with Gasteiger partial charge >= 0.3 is 0 Å². The van der Waals surface area contributed by atoms with Gasteiger partial charge in [-0.25, -0.2) is 0 Å². The van der Waals surface area contributed by atoms with Crippen LogP contribution in [0.5, 0.6) is 5.75 Å². The minimum absolute atomic E-state index is 0.183. The lowest BCUT2D eigenvalue weighted by Gasteiger charge is -2.16. The van der Waals surface area contributed by atoms with Crippen molar-refractivity contribution in [3.63, 3.8) is 0 Å². The third-order valence-corrected chi connectivity index (χ3v) is 3.99. The molecule has 0 heterocycles. The van der Waals surface area contributed by atoms with Gasteiger partial charge in [0.25, 0.3) is 0 Å². The van der Waals surface area contributed by atoms with E-state index in [0.29, 0.717) is 24.6 Å². The summed E-state index contributed by atoms with van der Waals surface area (Å²) in [7, 11) is 1.62. The molecule has 0 saturated carbocycles. The highest BCUT2D eigenvalue weighted by Gasteiger charge is 2.17. The van der Waals surface area contributed by atoms with Crippen LogP contribution in [0.15, 0.2) is 12.1 Å². The van der Waals surface area contributed by atoms with Crippen LogP contribution in [0.4, 0.5) is 0 Å². The van der Waals surface area contributed by atoms with Gasteiger partial charge in [0.15, 0.2) is 5.78 Å². The van der Waals surface area contributed by atoms with Crippen molar-refractivity contribution in [1.29, 1.82) is 0 Å². The zero-order chi connectivity index (χ0) is 15.8. The molecule has 0 aliphatic rings. The first-order valence-corrected chi connectivity index (χ1v) is 7.91. The number of benzene rings is 1. The predicted molar refractivity (Wildman–Crippen MR) is 88.1 cm³/mol. The number of carbonyl (C=O) groups excluding carboxylic acids is 1. The molecule has 0 saturated heterocycles. The summed E-state index contributed by atoms with van der Waals surface area (Å²) < 4.78 is 5.39. The number of carbonyl (C=O) groups is 1. The second kappa shape index (κ2) is 8.83. The fourth-order valence-corrected chi connectivity index (χ4v) is 2.98. The maximum absolute atomic E-state index is 12.6. The third kappa shape index (κ3) is 5.16. The number of ketones is 1. The standard InChI is InChI=1S/C18H29NO2/c1-5-6-15(9-10-19)7-8-16(20)18-14(3)11-13(2)12-17(18)21-4/h11-12,15H,5-10,19H2,1-4H3. The third-order valence-electron chi connectivity index (χ3n) is 3.99. The van der Waals surface area contributed by atoms with Crippen LogP contribution in [0.2, 0.25) is 0 Å². The lowest BCUT2D eigenvalue weighted by Crippen LogP contribution is -2.12. The molecule has 0 spiro atoms. The van der Waals surface area contributed by atoms with Gasteiger partial charge in [0.2, 0.25) is 0 Å². The van der Waals surface area contributed by atoms with Crippen molar-refractivity contribution in [3.05, 3.63) is 28.8 Å². The molecule has 0 amide bonds. The Morgan fingerprint density at radius 3 is 2.52 bits per heavy atom. The largest absolute Gasteiger partial charge is 0.496 e. The first-order chi connectivity index (χ1) is 10.0. The Kier molecular flexibility index (Phi) is 7.44. The van der Waals surface area contributed by atoms with Gasteiger partial charge < -0.3 is 10.5 Å². The lowest BCUT2D eigenvalue weighted by atomic mass is 9.91. The molecular weight excluding hydrogens is 262 g/mol. The Labute approximate surface area is 128 Å². The molecule has 118 valence electrons. The monoisotopic (exact) mass is 291 g/mol. The van der Waals surface area contributed by atoms with Crippen LogP contribution in [-0.2, 0) is 0 Å². The van der Waals surface area contributed by atoms with Gasteiger partial charge in [-0.1, -0.05) is 25.8 Å². The first kappa shape index (κ1) is 17.7. The topological polar surface area (TPSA) is 52.3 Å². The fourth-order valence-electron chi connectivity index (χ4n) is 2.98. The summed E-state index contributed by atoms with van der Waals surface area (Å²) in [4.78, 5) is 12.6. The molecule has 1 aromatic rings. The van der Waals surface area contributed by atoms with Gasteiger partial charge in [-0.3, -0.25) is 4.79 Å². The number of nitrogens with two attached hydrogens (primary N) is 1. The number of hydrogen-bond donors (Lipinski definition) is 1. The SMILES string of the molecule is CCCC(CCN)CCC(=O)c1c(C)cc(C)cc1OC. The Hall–Kier alpha value is -1.35. The Morgan fingerprint density at radius 1 is 1.24 bits per heavy atom. The fraction of sp³-hybridized carbons (Fsp3) is 0.611. The molecule has 21 heavy (non-hydrogen) atoms. The van der Waals surface area contributed by atoms with E-state index in [0.717, 1.165) is 42.4 Å². The zero-order valence-electron chi connectivity index (χ0n) is 13.9. The summed E-state index contributed by atoms with van der Waals surface area (Å²) >= 11 is 0. The number of hydrogen-bond acceptors (Lipinski definition) is 3. The molecule has 1 aromatic carbocycles. The van der Waals surface area contributed by atoms with Crippen LogP contribution in [-0.4, -0.2) is 19.4 Å². The van der Waals surface area contributed by atoms with Gasteiger partial charge in [-0.2, -0.15) is 0 Å². The van der Waals surface area contributed by atoms with E-state index in [1.54, 1.807) is 7.11 Å². The number of aryl methyl sites for hydroxylation is 2. The quantitative estimate of drug-likeness (QED) is 0.699. The normalized spacial score (nSPS) is 12.2. The van der Waals surface area contributed by atoms with Crippen LogP contribution < -0.4 is 10.5 Å². The van der Waals surface area contributed by atoms with E-state index in [1.807, 2.05) is 26.0 Å². The van der Waals surface area contributed by atoms with E-state index < -0.39 is 0 Å². The molecule has 1 atom stereocenters. The summed E-state index contributed by atoms with van der Waals surface area (Å²) in [6, 6.07) is 3.98. The highest BCUT2D eigenvalue weighted by atomic mass is 16.5. The summed E-state index contributed by atoms with van der Waals surface area (Å²) in [5, 5.41) is 0. The Bertz CT molecular complexity index is 463. The van der Waals surface area contributed by atoms with Crippen molar-refractivity contribution in [2.45, 2.75) is 52.9 Å². The Balaban J connectivity index is 2.79. The van der Waals surface area contributed by atoms with Crippen LogP contribution >= 0.6 is 0 Å². The van der Waals surface area contributed by atoms with Gasteiger partial charge in [0.1, 0.15) is 5.75 Å². The minimum Gasteiger partial charge on any atom is -0.496 e. The first-order valence-electron chi connectivity index (χ1n) is 7.91. The molecule has 3 heteroatoms. The number of Topliss-reactive ketones (excluding diaryl/α,β-unsaturated/α-hetero) is 1. The number of rotatable bonds is 9. The molecule has 2 N–H and O–H groups in total. The van der Waals surface area contributed by atoms with Crippen LogP contribution in [0, 0.1) is 19.8 Å². The van der Waals surface area contributed by atoms with Crippen LogP contribution in [0.3, 0.4) is 0 Å². The van der Waals surface area contributed by atoms with E-state index in [2.05, 4.69) is 6.92 Å². The van der Waals surface area contributed by atoms with Gasteiger partial charge in [-0.05, 0) is 56.3 Å². The van der Waals surface area contributed by atoms with Crippen molar-refractivity contribution in [2.75, 3.05) is 13.7 Å². The average Bonchev–Trinajstić information content (AvgIpc) is 2.44. The summed E-state index contributed by atoms with van der Waals surface area (Å²) in [5.74, 6) is 1.44. The second-order valence-electron chi connectivity index (χ2n) is 5.85. The van der Waals surface area contributed by atoms with E-state index in [9.17, 15) is 4.79 Å².